The van der Waals surface area contributed by atoms with Crippen molar-refractivity contribution in [1.82, 2.24) is 15.6 Å². The molecule has 1 aliphatic carbocycles. The van der Waals surface area contributed by atoms with E-state index in [1.165, 1.54) is 19.1 Å². The zero-order valence-electron chi connectivity index (χ0n) is 16.2. The van der Waals surface area contributed by atoms with E-state index in [4.69, 9.17) is 0 Å². The zero-order chi connectivity index (χ0) is 21.8. The molecule has 0 saturated heterocycles. The van der Waals surface area contributed by atoms with Crippen LogP contribution in [-0.4, -0.2) is 42.1 Å². The van der Waals surface area contributed by atoms with E-state index in [-0.39, 0.29) is 28.6 Å². The molecule has 1 aliphatic rings. The number of aromatic nitrogens is 1. The van der Waals surface area contributed by atoms with Crippen molar-refractivity contribution in [2.45, 2.75) is 63.8 Å². The van der Waals surface area contributed by atoms with Gasteiger partial charge < -0.3 is 15.4 Å². The van der Waals surface area contributed by atoms with Crippen LogP contribution in [0.5, 0.6) is 5.88 Å². The average Bonchev–Trinajstić information content (AvgIpc) is 2.68. The van der Waals surface area contributed by atoms with E-state index in [2.05, 4.69) is 20.4 Å². The second-order valence-corrected chi connectivity index (χ2v) is 7.37. The van der Waals surface area contributed by atoms with Crippen LogP contribution in [0.3, 0.4) is 0 Å². The third-order valence-corrected chi connectivity index (χ3v) is 5.13. The van der Waals surface area contributed by atoms with Gasteiger partial charge in [0.25, 0.3) is 12.3 Å². The zero-order valence-corrected chi connectivity index (χ0v) is 16.2. The molecule has 2 aromatic rings. The van der Waals surface area contributed by atoms with Gasteiger partial charge in [0.2, 0.25) is 5.88 Å². The van der Waals surface area contributed by atoms with Crippen molar-refractivity contribution in [2.24, 2.45) is 0 Å². The number of pyridine rings is 1. The highest BCUT2D eigenvalue weighted by Crippen LogP contribution is 2.26. The van der Waals surface area contributed by atoms with Crippen molar-refractivity contribution in [1.29, 1.82) is 0 Å². The number of ether oxygens (including phenoxy) is 1. The average molecular weight is 431 g/mol. The number of amides is 1. The first-order valence-corrected chi connectivity index (χ1v) is 9.63. The lowest BCUT2D eigenvalue weighted by molar-refractivity contribution is -0.0529. The summed E-state index contributed by atoms with van der Waals surface area (Å²) in [7, 11) is 0. The maximum atomic E-state index is 13.5. The monoisotopic (exact) mass is 431 g/mol. The van der Waals surface area contributed by atoms with Gasteiger partial charge in [-0.3, -0.25) is 4.79 Å². The maximum Gasteiger partial charge on any atom is 0.388 e. The highest BCUT2D eigenvalue weighted by Gasteiger charge is 2.27. The number of carbonyl (C=O) groups is 1. The van der Waals surface area contributed by atoms with E-state index in [0.717, 1.165) is 12.1 Å². The molecule has 0 unspecified atom stereocenters. The van der Waals surface area contributed by atoms with E-state index >= 15 is 0 Å². The van der Waals surface area contributed by atoms with Gasteiger partial charge >= 0.3 is 6.61 Å². The normalized spacial score (nSPS) is 20.5. The van der Waals surface area contributed by atoms with Crippen molar-refractivity contribution in [2.75, 3.05) is 0 Å². The Bertz CT molecular complexity index is 888. The van der Waals surface area contributed by atoms with Crippen molar-refractivity contribution in [3.63, 3.8) is 0 Å². The number of benzene rings is 1. The van der Waals surface area contributed by atoms with E-state index < -0.39 is 36.7 Å². The van der Waals surface area contributed by atoms with Crippen LogP contribution in [0, 0.1) is 5.82 Å². The minimum Gasteiger partial charge on any atom is -0.416 e. The third-order valence-electron chi connectivity index (χ3n) is 5.13. The van der Waals surface area contributed by atoms with Crippen LogP contribution >= 0.6 is 0 Å². The molecule has 1 heterocycles. The number of hydrogen-bond donors (Lipinski definition) is 2. The summed E-state index contributed by atoms with van der Waals surface area (Å²) in [6.07, 6.45) is -0.200. The van der Waals surface area contributed by atoms with Gasteiger partial charge in [-0.1, -0.05) is 0 Å². The smallest absolute Gasteiger partial charge is 0.388 e. The van der Waals surface area contributed by atoms with Gasteiger partial charge in [-0.2, -0.15) is 8.78 Å². The van der Waals surface area contributed by atoms with E-state index in [0.29, 0.717) is 25.7 Å². The molecule has 30 heavy (non-hydrogen) atoms. The number of rotatable bonds is 7. The van der Waals surface area contributed by atoms with Crippen LogP contribution in [-0.2, 0) is 0 Å². The van der Waals surface area contributed by atoms with Crippen LogP contribution in [0.1, 0.15) is 43.0 Å². The molecule has 1 aromatic heterocycles. The maximum absolute atomic E-state index is 13.5. The molecule has 5 nitrogen and oxygen atoms in total. The lowest BCUT2D eigenvalue weighted by Crippen LogP contribution is -2.46. The van der Waals surface area contributed by atoms with E-state index in [1.807, 2.05) is 0 Å². The van der Waals surface area contributed by atoms with Gasteiger partial charge in [-0.25, -0.2) is 18.2 Å². The number of alkyl halides is 4. The van der Waals surface area contributed by atoms with Gasteiger partial charge in [0.15, 0.2) is 0 Å². The Labute approximate surface area is 170 Å². The van der Waals surface area contributed by atoms with E-state index in [9.17, 15) is 26.7 Å². The minimum atomic E-state index is -3.18. The molecule has 1 atom stereocenters. The number of carbonyl (C=O) groups excluding carboxylic acids is 1. The Balaban J connectivity index is 1.70. The number of fused-ring (bicyclic) bond motifs is 1. The van der Waals surface area contributed by atoms with E-state index in [1.54, 1.807) is 0 Å². The van der Waals surface area contributed by atoms with Gasteiger partial charge in [0.05, 0.1) is 11.6 Å². The quantitative estimate of drug-likeness (QED) is 0.643. The summed E-state index contributed by atoms with van der Waals surface area (Å²) < 4.78 is 68.8. The molecule has 1 fully saturated rings. The summed E-state index contributed by atoms with van der Waals surface area (Å²) in [4.78, 5) is 16.6. The Morgan fingerprint density at radius 3 is 2.40 bits per heavy atom. The first-order chi connectivity index (χ1) is 14.2. The fraction of sp³-hybridized carbons (Fsp3) is 0.500. The van der Waals surface area contributed by atoms with Crippen LogP contribution in [0.4, 0.5) is 22.0 Å². The van der Waals surface area contributed by atoms with Gasteiger partial charge in [0, 0.05) is 17.5 Å². The number of nitrogens with zero attached hydrogens (tertiary/aromatic N) is 1. The molecule has 0 spiro atoms. The van der Waals surface area contributed by atoms with Crippen molar-refractivity contribution < 1.29 is 31.5 Å². The number of halogens is 5. The lowest BCUT2D eigenvalue weighted by atomic mass is 9.90. The number of nitrogens with one attached hydrogen (secondary N) is 2. The molecule has 2 N–H and O–H groups in total. The highest BCUT2D eigenvalue weighted by atomic mass is 19.3. The summed E-state index contributed by atoms with van der Waals surface area (Å²) in [5, 5.41) is 5.89. The van der Waals surface area contributed by atoms with Crippen LogP contribution in [0.25, 0.3) is 10.9 Å². The molecule has 10 heteroatoms. The van der Waals surface area contributed by atoms with Crippen LogP contribution in [0.15, 0.2) is 24.3 Å². The molecular weight excluding hydrogens is 409 g/mol. The van der Waals surface area contributed by atoms with Gasteiger partial charge in [0.1, 0.15) is 11.4 Å². The SMILES string of the molecule is C[C@@H](NC1CCC(NC(=O)c2cc3cc(F)ccc3nc2OC(F)F)CC1)C(F)F. The predicted molar refractivity (Wildman–Crippen MR) is 100 cm³/mol. The topological polar surface area (TPSA) is 63.2 Å². The molecule has 0 bridgehead atoms. The molecule has 1 saturated carbocycles. The summed E-state index contributed by atoms with van der Waals surface area (Å²) >= 11 is 0. The summed E-state index contributed by atoms with van der Waals surface area (Å²) in [5.74, 6) is -1.76. The van der Waals surface area contributed by atoms with Crippen LogP contribution in [0.2, 0.25) is 0 Å². The second kappa shape index (κ2) is 9.55. The van der Waals surface area contributed by atoms with Crippen molar-refractivity contribution >= 4 is 16.8 Å². The minimum absolute atomic E-state index is 0.0785. The standard InChI is InChI=1S/C20H22F5N3O2/c1-10(17(22)23)26-13-3-5-14(6-4-13)27-18(29)15-9-11-8-12(21)2-7-16(11)28-19(15)30-20(24)25/h2,7-10,13-14,17,20,26H,3-6H2,1H3,(H,27,29)/t10-,13?,14?/m1/s1. The first-order valence-electron chi connectivity index (χ1n) is 9.63. The Morgan fingerprint density at radius 2 is 1.77 bits per heavy atom. The third kappa shape index (κ3) is 5.56. The summed E-state index contributed by atoms with van der Waals surface area (Å²) in [5.41, 5.74) is -0.0108. The first kappa shape index (κ1) is 22.2. The second-order valence-electron chi connectivity index (χ2n) is 7.37. The molecular formula is C20H22F5N3O2. The van der Waals surface area contributed by atoms with Gasteiger partial charge in [-0.15, -0.1) is 0 Å². The molecule has 0 aliphatic heterocycles. The molecule has 0 radical (unpaired) electrons. The molecule has 3 rings (SSSR count). The lowest BCUT2D eigenvalue weighted by Gasteiger charge is -2.31. The predicted octanol–water partition coefficient (Wildman–Crippen LogP) is 4.26. The number of hydrogen-bond acceptors (Lipinski definition) is 4. The van der Waals surface area contributed by atoms with Crippen molar-refractivity contribution in [3.05, 3.63) is 35.6 Å². The summed E-state index contributed by atoms with van der Waals surface area (Å²) in [6.45, 7) is -1.76. The fourth-order valence-corrected chi connectivity index (χ4v) is 3.58. The van der Waals surface area contributed by atoms with Crippen LogP contribution < -0.4 is 15.4 Å². The largest absolute Gasteiger partial charge is 0.416 e. The van der Waals surface area contributed by atoms with Crippen molar-refractivity contribution in [3.8, 4) is 5.88 Å². The Kier molecular flexibility index (Phi) is 7.06. The van der Waals surface area contributed by atoms with Gasteiger partial charge in [-0.05, 0) is 56.9 Å². The molecule has 164 valence electrons. The Hall–Kier alpha value is -2.49. The fourth-order valence-electron chi connectivity index (χ4n) is 3.58. The highest BCUT2D eigenvalue weighted by molar-refractivity contribution is 6.00. The molecule has 1 aromatic carbocycles. The molecule has 1 amide bonds. The summed E-state index contributed by atoms with van der Waals surface area (Å²) in [6, 6.07) is 3.59. The Morgan fingerprint density at radius 1 is 1.10 bits per heavy atom.